The molecule has 4 nitrogen and oxygen atoms in total. The quantitative estimate of drug-likeness (QED) is 0.443. The van der Waals surface area contributed by atoms with Gasteiger partial charge in [-0.1, -0.05) is 0 Å². The highest BCUT2D eigenvalue weighted by atomic mass is 16.1. The second-order valence-electron chi connectivity index (χ2n) is 1.62. The van der Waals surface area contributed by atoms with Crippen molar-refractivity contribution in [3.63, 3.8) is 0 Å². The number of rotatable bonds is 1. The normalized spacial score (nSPS) is 25.6. The van der Waals surface area contributed by atoms with Crippen LogP contribution in [-0.4, -0.2) is 30.7 Å². The first-order valence-corrected chi connectivity index (χ1v) is 2.30. The Kier molecular flexibility index (Phi) is 1.15. The molecule has 4 heteroatoms. The number of carbonyl (C=O) groups is 1. The van der Waals surface area contributed by atoms with Crippen LogP contribution in [0, 0.1) is 0 Å². The van der Waals surface area contributed by atoms with Crippen molar-refractivity contribution < 1.29 is 4.79 Å². The topological polar surface area (TPSA) is 44.7 Å². The fourth-order valence-corrected chi connectivity index (χ4v) is 0.490. The minimum atomic E-state index is -0.255. The van der Waals surface area contributed by atoms with Gasteiger partial charge in [0.15, 0.2) is 12.5 Å². The Morgan fingerprint density at radius 2 is 2.75 bits per heavy atom. The summed E-state index contributed by atoms with van der Waals surface area (Å²) < 4.78 is 0. The standard InChI is InChI=1S/C4H7N3O/c1-7-3-5-6-4(7)2-8/h2-4,6H,1H3. The number of nitrogens with one attached hydrogen (secondary N) is 1. The van der Waals surface area contributed by atoms with Crippen LogP contribution < -0.4 is 5.43 Å². The number of aldehydes is 1. The van der Waals surface area contributed by atoms with Gasteiger partial charge in [0, 0.05) is 7.05 Å². The van der Waals surface area contributed by atoms with Crippen molar-refractivity contribution in [2.45, 2.75) is 6.17 Å². The summed E-state index contributed by atoms with van der Waals surface area (Å²) in [4.78, 5) is 11.7. The molecule has 0 aromatic carbocycles. The van der Waals surface area contributed by atoms with Crippen molar-refractivity contribution in [3.8, 4) is 0 Å². The summed E-state index contributed by atoms with van der Waals surface area (Å²) in [6.45, 7) is 0. The number of carbonyl (C=O) groups excluding carboxylic acids is 1. The van der Waals surface area contributed by atoms with Crippen LogP contribution in [0.25, 0.3) is 0 Å². The summed E-state index contributed by atoms with van der Waals surface area (Å²) in [6.07, 6.45) is 2.11. The molecule has 0 bridgehead atoms. The number of hydrogen-bond donors (Lipinski definition) is 1. The van der Waals surface area contributed by atoms with Gasteiger partial charge >= 0.3 is 0 Å². The van der Waals surface area contributed by atoms with Crippen LogP contribution in [0.2, 0.25) is 0 Å². The Balaban J connectivity index is 2.50. The molecule has 0 aliphatic carbocycles. The molecule has 1 aliphatic heterocycles. The number of nitrogens with zero attached hydrogens (tertiary/aromatic N) is 2. The van der Waals surface area contributed by atoms with E-state index in [2.05, 4.69) is 10.5 Å². The van der Waals surface area contributed by atoms with E-state index in [0.717, 1.165) is 6.29 Å². The summed E-state index contributed by atoms with van der Waals surface area (Å²) in [5.41, 5.74) is 2.58. The molecular formula is C4H7N3O. The van der Waals surface area contributed by atoms with Gasteiger partial charge in [-0.3, -0.25) is 10.2 Å². The van der Waals surface area contributed by atoms with E-state index in [1.165, 1.54) is 0 Å². The van der Waals surface area contributed by atoms with E-state index in [9.17, 15) is 4.79 Å². The maximum absolute atomic E-state index is 10.0. The van der Waals surface area contributed by atoms with E-state index in [0.29, 0.717) is 0 Å². The van der Waals surface area contributed by atoms with E-state index in [1.807, 2.05) is 0 Å². The van der Waals surface area contributed by atoms with Crippen LogP contribution in [-0.2, 0) is 4.79 Å². The van der Waals surface area contributed by atoms with Gasteiger partial charge in [-0.2, -0.15) is 5.10 Å². The molecule has 8 heavy (non-hydrogen) atoms. The summed E-state index contributed by atoms with van der Waals surface area (Å²) in [5.74, 6) is 0. The highest BCUT2D eigenvalue weighted by molar-refractivity contribution is 5.67. The van der Waals surface area contributed by atoms with Crippen molar-refractivity contribution in [2.75, 3.05) is 7.05 Å². The maximum Gasteiger partial charge on any atom is 0.172 e. The molecule has 0 spiro atoms. The average molecular weight is 113 g/mol. The molecule has 1 unspecified atom stereocenters. The Morgan fingerprint density at radius 1 is 2.00 bits per heavy atom. The number of hydrazone groups is 1. The lowest BCUT2D eigenvalue weighted by atomic mass is 10.5. The molecule has 44 valence electrons. The van der Waals surface area contributed by atoms with Gasteiger partial charge in [-0.15, -0.1) is 0 Å². The molecule has 1 heterocycles. The Morgan fingerprint density at radius 3 is 3.00 bits per heavy atom. The zero-order valence-electron chi connectivity index (χ0n) is 4.53. The maximum atomic E-state index is 10.0. The average Bonchev–Trinajstić information content (AvgIpc) is 2.14. The first-order chi connectivity index (χ1) is 3.84. The van der Waals surface area contributed by atoms with Gasteiger partial charge in [-0.25, -0.2) is 0 Å². The van der Waals surface area contributed by atoms with Crippen LogP contribution >= 0.6 is 0 Å². The highest BCUT2D eigenvalue weighted by Crippen LogP contribution is 1.90. The first kappa shape index (κ1) is 5.08. The molecule has 0 aromatic rings. The van der Waals surface area contributed by atoms with E-state index in [1.54, 1.807) is 18.3 Å². The fraction of sp³-hybridized carbons (Fsp3) is 0.500. The van der Waals surface area contributed by atoms with Crippen LogP contribution in [0.5, 0.6) is 0 Å². The van der Waals surface area contributed by atoms with E-state index in [4.69, 9.17) is 0 Å². The molecule has 0 radical (unpaired) electrons. The van der Waals surface area contributed by atoms with Crippen molar-refractivity contribution in [3.05, 3.63) is 0 Å². The second-order valence-corrected chi connectivity index (χ2v) is 1.62. The largest absolute Gasteiger partial charge is 0.337 e. The molecule has 1 atom stereocenters. The molecule has 0 saturated heterocycles. The molecule has 0 fully saturated rings. The van der Waals surface area contributed by atoms with Crippen LogP contribution in [0.3, 0.4) is 0 Å². The molecule has 1 aliphatic rings. The molecular weight excluding hydrogens is 106 g/mol. The Labute approximate surface area is 47.2 Å². The van der Waals surface area contributed by atoms with E-state index in [-0.39, 0.29) is 6.17 Å². The third-order valence-electron chi connectivity index (χ3n) is 1.01. The first-order valence-electron chi connectivity index (χ1n) is 2.30. The summed E-state index contributed by atoms with van der Waals surface area (Å²) in [5, 5.41) is 3.64. The zero-order chi connectivity index (χ0) is 5.98. The monoisotopic (exact) mass is 113 g/mol. The predicted octanol–water partition coefficient (Wildman–Crippen LogP) is -1.01. The van der Waals surface area contributed by atoms with Crippen LogP contribution in [0.15, 0.2) is 5.10 Å². The lowest BCUT2D eigenvalue weighted by molar-refractivity contribution is -0.111. The fourth-order valence-electron chi connectivity index (χ4n) is 0.490. The van der Waals surface area contributed by atoms with Gasteiger partial charge in [0.05, 0.1) is 0 Å². The minimum Gasteiger partial charge on any atom is -0.337 e. The van der Waals surface area contributed by atoms with Crippen molar-refractivity contribution >= 4 is 12.6 Å². The number of hydrogen-bond acceptors (Lipinski definition) is 4. The van der Waals surface area contributed by atoms with Crippen molar-refractivity contribution in [1.29, 1.82) is 0 Å². The van der Waals surface area contributed by atoms with Gasteiger partial charge in [0.1, 0.15) is 6.34 Å². The summed E-state index contributed by atoms with van der Waals surface area (Å²) in [7, 11) is 1.78. The molecule has 0 amide bonds. The second kappa shape index (κ2) is 1.81. The van der Waals surface area contributed by atoms with Gasteiger partial charge < -0.3 is 4.90 Å². The Bertz CT molecular complexity index is 122. The highest BCUT2D eigenvalue weighted by Gasteiger charge is 2.12. The smallest absolute Gasteiger partial charge is 0.172 e. The predicted molar refractivity (Wildman–Crippen MR) is 29.2 cm³/mol. The van der Waals surface area contributed by atoms with Gasteiger partial charge in [0.25, 0.3) is 0 Å². The molecule has 0 aromatic heterocycles. The molecule has 1 rings (SSSR count). The third-order valence-corrected chi connectivity index (χ3v) is 1.01. The van der Waals surface area contributed by atoms with Gasteiger partial charge in [0.2, 0.25) is 0 Å². The summed E-state index contributed by atoms with van der Waals surface area (Å²) >= 11 is 0. The third kappa shape index (κ3) is 0.641. The minimum absolute atomic E-state index is 0.255. The lowest BCUT2D eigenvalue weighted by Gasteiger charge is -2.10. The van der Waals surface area contributed by atoms with Crippen molar-refractivity contribution in [2.24, 2.45) is 5.10 Å². The van der Waals surface area contributed by atoms with Gasteiger partial charge in [-0.05, 0) is 0 Å². The SMILES string of the molecule is CN1C=NNC1C=O. The van der Waals surface area contributed by atoms with E-state index >= 15 is 0 Å². The number of likely N-dealkylation sites (N-methyl/N-ethyl adjacent to an activating group) is 1. The molecule has 1 N–H and O–H groups in total. The Hall–Kier alpha value is -1.06. The summed E-state index contributed by atoms with van der Waals surface area (Å²) in [6, 6.07) is 0. The van der Waals surface area contributed by atoms with Crippen LogP contribution in [0.4, 0.5) is 0 Å². The van der Waals surface area contributed by atoms with Crippen LogP contribution in [0.1, 0.15) is 0 Å². The molecule has 0 saturated carbocycles. The van der Waals surface area contributed by atoms with E-state index < -0.39 is 0 Å². The van der Waals surface area contributed by atoms with Crippen molar-refractivity contribution in [1.82, 2.24) is 10.3 Å². The lowest BCUT2D eigenvalue weighted by Crippen LogP contribution is -2.34. The zero-order valence-corrected chi connectivity index (χ0v) is 4.53.